The highest BCUT2D eigenvalue weighted by Gasteiger charge is 2.22. The Labute approximate surface area is 129 Å². The molecule has 1 aromatic carbocycles. The van der Waals surface area contributed by atoms with Gasteiger partial charge in [0.25, 0.3) is 0 Å². The summed E-state index contributed by atoms with van der Waals surface area (Å²) in [5, 5.41) is 0. The summed E-state index contributed by atoms with van der Waals surface area (Å²) in [5.74, 6) is 0.706. The van der Waals surface area contributed by atoms with Crippen molar-refractivity contribution < 1.29 is 4.79 Å². The van der Waals surface area contributed by atoms with Gasteiger partial charge in [-0.3, -0.25) is 4.79 Å². The summed E-state index contributed by atoms with van der Waals surface area (Å²) in [6.07, 6.45) is 2.47. The molecule has 0 fully saturated rings. The van der Waals surface area contributed by atoms with Gasteiger partial charge in [0.1, 0.15) is 0 Å². The molecule has 0 unspecified atom stereocenters. The fourth-order valence-corrected chi connectivity index (χ4v) is 2.77. The minimum absolute atomic E-state index is 0.221. The fourth-order valence-electron chi connectivity index (χ4n) is 2.77. The summed E-state index contributed by atoms with van der Waals surface area (Å²) in [6.45, 7) is 9.95. The molecule has 0 aliphatic heterocycles. The van der Waals surface area contributed by atoms with Crippen LogP contribution in [-0.4, -0.2) is 23.4 Å². The predicted molar refractivity (Wildman–Crippen MR) is 89.0 cm³/mol. The van der Waals surface area contributed by atoms with Crippen LogP contribution < -0.4 is 5.73 Å². The second-order valence-corrected chi connectivity index (χ2v) is 6.06. The number of nitrogens with zero attached hydrogens (tertiary/aromatic N) is 1. The third-order valence-corrected chi connectivity index (χ3v) is 3.95. The van der Waals surface area contributed by atoms with Gasteiger partial charge in [0, 0.05) is 19.1 Å². The molecule has 118 valence electrons. The second kappa shape index (κ2) is 8.83. The van der Waals surface area contributed by atoms with Gasteiger partial charge in [0.15, 0.2) is 0 Å². The van der Waals surface area contributed by atoms with Gasteiger partial charge in [-0.1, -0.05) is 52.0 Å². The highest BCUT2D eigenvalue weighted by Crippen LogP contribution is 2.16. The molecule has 0 atom stereocenters. The second-order valence-electron chi connectivity index (χ2n) is 6.06. The molecule has 1 aromatic rings. The molecule has 0 spiro atoms. The van der Waals surface area contributed by atoms with Crippen LogP contribution in [0.15, 0.2) is 24.3 Å². The number of amides is 1. The van der Waals surface area contributed by atoms with Crippen molar-refractivity contribution in [2.75, 3.05) is 6.54 Å². The quantitative estimate of drug-likeness (QED) is 0.798. The number of benzene rings is 1. The first-order valence-corrected chi connectivity index (χ1v) is 8.09. The van der Waals surface area contributed by atoms with Crippen LogP contribution in [0.2, 0.25) is 0 Å². The molecule has 2 N–H and O–H groups in total. The summed E-state index contributed by atoms with van der Waals surface area (Å²) in [6, 6.07) is 8.31. The van der Waals surface area contributed by atoms with Crippen molar-refractivity contribution in [1.29, 1.82) is 0 Å². The SMILES string of the molecule is CCC(CC)N(CC(C)C)C(=O)Cc1ccccc1CN. The average Bonchev–Trinajstić information content (AvgIpc) is 2.47. The highest BCUT2D eigenvalue weighted by molar-refractivity contribution is 5.79. The van der Waals surface area contributed by atoms with Gasteiger partial charge in [-0.2, -0.15) is 0 Å². The van der Waals surface area contributed by atoms with Crippen molar-refractivity contribution in [1.82, 2.24) is 4.90 Å². The Morgan fingerprint density at radius 2 is 1.71 bits per heavy atom. The van der Waals surface area contributed by atoms with E-state index in [1.165, 1.54) is 0 Å². The maximum atomic E-state index is 12.8. The lowest BCUT2D eigenvalue weighted by Gasteiger charge is -2.32. The fraction of sp³-hybridized carbons (Fsp3) is 0.611. The lowest BCUT2D eigenvalue weighted by molar-refractivity contribution is -0.133. The van der Waals surface area contributed by atoms with E-state index < -0.39 is 0 Å². The summed E-state index contributed by atoms with van der Waals surface area (Å²) in [4.78, 5) is 14.8. The molecule has 21 heavy (non-hydrogen) atoms. The average molecular weight is 290 g/mol. The van der Waals surface area contributed by atoms with Crippen LogP contribution in [0.5, 0.6) is 0 Å². The molecule has 1 amide bonds. The zero-order valence-electron chi connectivity index (χ0n) is 13.9. The van der Waals surface area contributed by atoms with Crippen molar-refractivity contribution in [2.45, 2.75) is 59.5 Å². The number of nitrogens with two attached hydrogens (primary N) is 1. The minimum atomic E-state index is 0.221. The Balaban J connectivity index is 2.89. The van der Waals surface area contributed by atoms with E-state index in [-0.39, 0.29) is 5.91 Å². The maximum absolute atomic E-state index is 12.8. The number of hydrogen-bond donors (Lipinski definition) is 1. The number of rotatable bonds is 8. The van der Waals surface area contributed by atoms with E-state index in [0.29, 0.717) is 24.9 Å². The van der Waals surface area contributed by atoms with Crippen LogP contribution in [0.1, 0.15) is 51.7 Å². The van der Waals surface area contributed by atoms with Crippen LogP contribution >= 0.6 is 0 Å². The minimum Gasteiger partial charge on any atom is -0.339 e. The first-order valence-electron chi connectivity index (χ1n) is 8.09. The third kappa shape index (κ3) is 5.16. The van der Waals surface area contributed by atoms with E-state index in [1.807, 2.05) is 24.3 Å². The Hall–Kier alpha value is -1.35. The van der Waals surface area contributed by atoms with E-state index in [0.717, 1.165) is 30.5 Å². The number of carbonyl (C=O) groups excluding carboxylic acids is 1. The molecular weight excluding hydrogens is 260 g/mol. The van der Waals surface area contributed by atoms with Crippen LogP contribution in [0, 0.1) is 5.92 Å². The first kappa shape index (κ1) is 17.7. The van der Waals surface area contributed by atoms with Crippen molar-refractivity contribution in [3.63, 3.8) is 0 Å². The summed E-state index contributed by atoms with van der Waals surface area (Å²) in [7, 11) is 0. The van der Waals surface area contributed by atoms with Crippen molar-refractivity contribution >= 4 is 5.91 Å². The van der Waals surface area contributed by atoms with Gasteiger partial charge in [0.05, 0.1) is 6.42 Å². The molecule has 0 saturated carbocycles. The Morgan fingerprint density at radius 3 is 2.19 bits per heavy atom. The molecular formula is C18H30N2O. The van der Waals surface area contributed by atoms with E-state index in [1.54, 1.807) is 0 Å². The van der Waals surface area contributed by atoms with Gasteiger partial charge in [0.2, 0.25) is 5.91 Å². The van der Waals surface area contributed by atoms with Crippen LogP contribution in [-0.2, 0) is 17.8 Å². The maximum Gasteiger partial charge on any atom is 0.227 e. The molecule has 0 radical (unpaired) electrons. The first-order chi connectivity index (χ1) is 10.0. The van der Waals surface area contributed by atoms with Crippen LogP contribution in [0.4, 0.5) is 0 Å². The third-order valence-electron chi connectivity index (χ3n) is 3.95. The molecule has 1 rings (SSSR count). The van der Waals surface area contributed by atoms with E-state index >= 15 is 0 Å². The van der Waals surface area contributed by atoms with Gasteiger partial charge >= 0.3 is 0 Å². The molecule has 0 bridgehead atoms. The topological polar surface area (TPSA) is 46.3 Å². The highest BCUT2D eigenvalue weighted by atomic mass is 16.2. The number of hydrogen-bond acceptors (Lipinski definition) is 2. The standard InChI is InChI=1S/C18H30N2O/c1-5-17(6-2)20(13-14(3)4)18(21)11-15-9-7-8-10-16(15)12-19/h7-10,14,17H,5-6,11-13,19H2,1-4H3. The Kier molecular flexibility index (Phi) is 7.44. The van der Waals surface area contributed by atoms with Gasteiger partial charge in [-0.05, 0) is 29.9 Å². The predicted octanol–water partition coefficient (Wildman–Crippen LogP) is 3.36. The monoisotopic (exact) mass is 290 g/mol. The van der Waals surface area contributed by atoms with Gasteiger partial charge < -0.3 is 10.6 Å². The molecule has 0 aliphatic rings. The van der Waals surface area contributed by atoms with Crippen LogP contribution in [0.3, 0.4) is 0 Å². The molecule has 3 heteroatoms. The van der Waals surface area contributed by atoms with Gasteiger partial charge in [-0.15, -0.1) is 0 Å². The van der Waals surface area contributed by atoms with E-state index in [2.05, 4.69) is 32.6 Å². The van der Waals surface area contributed by atoms with Crippen molar-refractivity contribution in [2.24, 2.45) is 11.7 Å². The smallest absolute Gasteiger partial charge is 0.227 e. The van der Waals surface area contributed by atoms with E-state index in [9.17, 15) is 4.79 Å². The molecule has 0 aromatic heterocycles. The summed E-state index contributed by atoms with van der Waals surface area (Å²) in [5.41, 5.74) is 7.90. The Morgan fingerprint density at radius 1 is 1.14 bits per heavy atom. The summed E-state index contributed by atoms with van der Waals surface area (Å²) >= 11 is 0. The van der Waals surface area contributed by atoms with Gasteiger partial charge in [-0.25, -0.2) is 0 Å². The van der Waals surface area contributed by atoms with E-state index in [4.69, 9.17) is 5.73 Å². The Bertz CT molecular complexity index is 439. The van der Waals surface area contributed by atoms with Crippen molar-refractivity contribution in [3.05, 3.63) is 35.4 Å². The summed E-state index contributed by atoms with van der Waals surface area (Å²) < 4.78 is 0. The molecule has 3 nitrogen and oxygen atoms in total. The zero-order chi connectivity index (χ0) is 15.8. The molecule has 0 aliphatic carbocycles. The normalized spacial score (nSPS) is 11.2. The largest absolute Gasteiger partial charge is 0.339 e. The molecule has 0 saturated heterocycles. The lowest BCUT2D eigenvalue weighted by atomic mass is 10.0. The van der Waals surface area contributed by atoms with Crippen molar-refractivity contribution in [3.8, 4) is 0 Å². The molecule has 0 heterocycles. The lowest BCUT2D eigenvalue weighted by Crippen LogP contribution is -2.43. The number of carbonyl (C=O) groups is 1. The zero-order valence-corrected chi connectivity index (χ0v) is 13.9. The van der Waals surface area contributed by atoms with Crippen LogP contribution in [0.25, 0.3) is 0 Å².